The molecule has 0 bridgehead atoms. The van der Waals surface area contributed by atoms with Gasteiger partial charge in [-0.15, -0.1) is 0 Å². The van der Waals surface area contributed by atoms with Crippen molar-refractivity contribution in [3.8, 4) is 11.5 Å². The summed E-state index contributed by atoms with van der Waals surface area (Å²) in [6.45, 7) is 0.533. The molecule has 0 unspecified atom stereocenters. The van der Waals surface area contributed by atoms with Crippen LogP contribution in [0.25, 0.3) is 0 Å². The van der Waals surface area contributed by atoms with Gasteiger partial charge < -0.3 is 23.0 Å². The van der Waals surface area contributed by atoms with E-state index in [1.807, 2.05) is 0 Å². The first-order valence-electron chi connectivity index (χ1n) is 9.53. The summed E-state index contributed by atoms with van der Waals surface area (Å²) >= 11 is 0. The number of ether oxygens (including phenoxy) is 2. The second-order valence-electron chi connectivity index (χ2n) is 6.64. The van der Waals surface area contributed by atoms with E-state index in [9.17, 15) is 17.6 Å². The zero-order valence-electron chi connectivity index (χ0n) is 17.5. The van der Waals surface area contributed by atoms with Gasteiger partial charge in [0.15, 0.2) is 17.3 Å². The van der Waals surface area contributed by atoms with Crippen molar-refractivity contribution >= 4 is 16.0 Å². The summed E-state index contributed by atoms with van der Waals surface area (Å²) in [5.74, 6) is -1.16. The number of benzene rings is 2. The molecule has 10 heteroatoms. The summed E-state index contributed by atoms with van der Waals surface area (Å²) in [6, 6.07) is 12.7. The Morgan fingerprint density at radius 1 is 1.06 bits per heavy atom. The lowest BCUT2D eigenvalue weighted by atomic mass is 10.2. The molecule has 0 aliphatic rings. The zero-order chi connectivity index (χ0) is 23.1. The number of halogens is 1. The van der Waals surface area contributed by atoms with E-state index in [4.69, 9.17) is 18.1 Å². The fraction of sp³-hybridized carbons (Fsp3) is 0.227. The van der Waals surface area contributed by atoms with Crippen molar-refractivity contribution in [1.82, 2.24) is 4.90 Å². The van der Waals surface area contributed by atoms with Gasteiger partial charge in [-0.3, -0.25) is 4.79 Å². The van der Waals surface area contributed by atoms with Crippen molar-refractivity contribution in [2.24, 2.45) is 0 Å². The van der Waals surface area contributed by atoms with Crippen LogP contribution in [0.15, 0.2) is 70.2 Å². The molecule has 1 heterocycles. The predicted octanol–water partition coefficient (Wildman–Crippen LogP) is 3.48. The van der Waals surface area contributed by atoms with Gasteiger partial charge in [0.05, 0.1) is 20.0 Å². The Morgan fingerprint density at radius 3 is 2.50 bits per heavy atom. The molecule has 3 rings (SSSR count). The lowest BCUT2D eigenvalue weighted by molar-refractivity contribution is 0.0648. The van der Waals surface area contributed by atoms with Crippen LogP contribution in [0.2, 0.25) is 0 Å². The maximum absolute atomic E-state index is 14.0. The molecule has 0 radical (unpaired) electrons. The van der Waals surface area contributed by atoms with E-state index in [1.165, 1.54) is 49.6 Å². The largest absolute Gasteiger partial charge is 0.494 e. The first kappa shape index (κ1) is 23.3. The number of carbonyl (C=O) groups is 1. The third-order valence-electron chi connectivity index (χ3n) is 4.53. The van der Waals surface area contributed by atoms with Crippen molar-refractivity contribution < 1.29 is 35.7 Å². The first-order chi connectivity index (χ1) is 15.4. The Hall–Kier alpha value is -3.37. The lowest BCUT2D eigenvalue weighted by Crippen LogP contribution is -2.33. The topological polar surface area (TPSA) is 95.3 Å². The van der Waals surface area contributed by atoms with Crippen molar-refractivity contribution in [2.75, 3.05) is 27.4 Å². The minimum Gasteiger partial charge on any atom is -0.494 e. The lowest BCUT2D eigenvalue weighted by Gasteiger charge is -2.22. The van der Waals surface area contributed by atoms with E-state index < -0.39 is 15.9 Å². The molecular weight excluding hydrogens is 441 g/mol. The Kier molecular flexibility index (Phi) is 7.49. The first-order valence-corrected chi connectivity index (χ1v) is 10.9. The van der Waals surface area contributed by atoms with Gasteiger partial charge in [0.1, 0.15) is 10.6 Å². The van der Waals surface area contributed by atoms with Gasteiger partial charge >= 0.3 is 10.1 Å². The van der Waals surface area contributed by atoms with Crippen LogP contribution in [0, 0.1) is 5.82 Å². The van der Waals surface area contributed by atoms with Crippen LogP contribution in [-0.2, 0) is 21.4 Å². The number of amides is 1. The van der Waals surface area contributed by atoms with E-state index in [-0.39, 0.29) is 47.8 Å². The molecule has 32 heavy (non-hydrogen) atoms. The van der Waals surface area contributed by atoms with Gasteiger partial charge in [-0.2, -0.15) is 8.42 Å². The summed E-state index contributed by atoms with van der Waals surface area (Å²) < 4.78 is 59.9. The van der Waals surface area contributed by atoms with Crippen molar-refractivity contribution in [3.63, 3.8) is 0 Å². The summed E-state index contributed by atoms with van der Waals surface area (Å²) in [6.07, 6.45) is 1.39. The number of nitrogens with zero attached hydrogens (tertiary/aromatic N) is 1. The highest BCUT2D eigenvalue weighted by Gasteiger charge is 2.23. The van der Waals surface area contributed by atoms with Gasteiger partial charge in [-0.05, 0) is 36.4 Å². The number of rotatable bonds is 10. The Balaban J connectivity index is 1.87. The van der Waals surface area contributed by atoms with Crippen LogP contribution in [0.1, 0.15) is 16.1 Å². The fourth-order valence-corrected chi connectivity index (χ4v) is 3.88. The Morgan fingerprint density at radius 2 is 1.84 bits per heavy atom. The van der Waals surface area contributed by atoms with Crippen molar-refractivity contribution in [3.05, 3.63) is 78.0 Å². The maximum atomic E-state index is 14.0. The van der Waals surface area contributed by atoms with E-state index in [0.717, 1.165) is 6.07 Å². The molecule has 0 fully saturated rings. The molecule has 0 spiro atoms. The van der Waals surface area contributed by atoms with E-state index >= 15 is 0 Å². The maximum Gasteiger partial charge on any atom is 0.339 e. The molecule has 3 aromatic rings. The third-order valence-corrected chi connectivity index (χ3v) is 5.76. The van der Waals surface area contributed by atoms with E-state index in [0.29, 0.717) is 5.56 Å². The number of hydrogen-bond donors (Lipinski definition) is 0. The van der Waals surface area contributed by atoms with Gasteiger partial charge in [-0.1, -0.05) is 18.2 Å². The molecule has 2 aromatic carbocycles. The predicted molar refractivity (Wildman–Crippen MR) is 113 cm³/mol. The molecule has 0 aliphatic carbocycles. The molecule has 170 valence electrons. The second-order valence-corrected chi connectivity index (χ2v) is 8.18. The van der Waals surface area contributed by atoms with Gasteiger partial charge in [0.2, 0.25) is 0 Å². The summed E-state index contributed by atoms with van der Waals surface area (Å²) in [7, 11) is -1.56. The molecule has 1 amide bonds. The molecule has 0 saturated carbocycles. The summed E-state index contributed by atoms with van der Waals surface area (Å²) in [5, 5.41) is 0. The number of hydrogen-bond acceptors (Lipinski definition) is 7. The standard InChI is InChI=1S/C22H22FNO7S/c1-28-13-11-24(22(25)21-8-5-12-30-21)15-16-6-3-4-7-19(16)31-32(26,27)17-9-10-20(29-2)18(23)14-17/h3-10,12,14H,11,13,15H2,1-2H3. The molecule has 0 saturated heterocycles. The molecule has 8 nitrogen and oxygen atoms in total. The molecule has 0 N–H and O–H groups in total. The minimum absolute atomic E-state index is 0.0124. The van der Waals surface area contributed by atoms with Gasteiger partial charge in [0.25, 0.3) is 5.91 Å². The highest BCUT2D eigenvalue weighted by Crippen LogP contribution is 2.27. The SMILES string of the molecule is COCCN(Cc1ccccc1OS(=O)(=O)c1ccc(OC)c(F)c1)C(=O)c1ccco1. The molecular formula is C22H22FNO7S. The Labute approximate surface area is 185 Å². The van der Waals surface area contributed by atoms with Crippen molar-refractivity contribution in [2.45, 2.75) is 11.4 Å². The summed E-state index contributed by atoms with van der Waals surface area (Å²) in [5.41, 5.74) is 0.432. The van der Waals surface area contributed by atoms with E-state index in [1.54, 1.807) is 24.3 Å². The van der Waals surface area contributed by atoms with Crippen LogP contribution >= 0.6 is 0 Å². The number of para-hydroxylation sites is 1. The minimum atomic E-state index is -4.34. The van der Waals surface area contributed by atoms with E-state index in [2.05, 4.69) is 0 Å². The zero-order valence-corrected chi connectivity index (χ0v) is 18.3. The highest BCUT2D eigenvalue weighted by molar-refractivity contribution is 7.87. The molecule has 0 aliphatic heterocycles. The number of carbonyl (C=O) groups excluding carboxylic acids is 1. The average Bonchev–Trinajstić information content (AvgIpc) is 3.32. The van der Waals surface area contributed by atoms with Crippen LogP contribution in [0.4, 0.5) is 4.39 Å². The number of furan rings is 1. The normalized spacial score (nSPS) is 11.2. The monoisotopic (exact) mass is 463 g/mol. The van der Waals surface area contributed by atoms with Crippen LogP contribution in [0.5, 0.6) is 11.5 Å². The van der Waals surface area contributed by atoms with Crippen LogP contribution in [-0.4, -0.2) is 46.6 Å². The van der Waals surface area contributed by atoms with Crippen molar-refractivity contribution in [1.29, 1.82) is 0 Å². The van der Waals surface area contributed by atoms with Crippen LogP contribution in [0.3, 0.4) is 0 Å². The summed E-state index contributed by atoms with van der Waals surface area (Å²) in [4.78, 5) is 13.9. The van der Waals surface area contributed by atoms with Gasteiger partial charge in [0, 0.05) is 25.8 Å². The Bertz CT molecular complexity index is 1160. The second kappa shape index (κ2) is 10.3. The average molecular weight is 463 g/mol. The quantitative estimate of drug-likeness (QED) is 0.425. The fourth-order valence-electron chi connectivity index (χ4n) is 2.90. The molecule has 1 aromatic heterocycles. The van der Waals surface area contributed by atoms with Gasteiger partial charge in [-0.25, -0.2) is 4.39 Å². The molecule has 0 atom stereocenters. The highest BCUT2D eigenvalue weighted by atomic mass is 32.2. The smallest absolute Gasteiger partial charge is 0.339 e. The van der Waals surface area contributed by atoms with Crippen LogP contribution < -0.4 is 8.92 Å². The third kappa shape index (κ3) is 5.45. The number of methoxy groups -OCH3 is 2.